The number of rotatable bonds is 6. The SMILES string of the molecule is CN(C)C1(CN(C)S(=O)(=O)c2c[nH]c(C(=O)O)c2)CCC1. The number of likely N-dealkylation sites (N-methyl/N-ethyl adjacent to an activating group) is 2. The monoisotopic (exact) mass is 315 g/mol. The molecule has 1 aliphatic rings. The van der Waals surface area contributed by atoms with Gasteiger partial charge in [-0.3, -0.25) is 0 Å². The molecule has 7 nitrogen and oxygen atoms in total. The van der Waals surface area contributed by atoms with E-state index < -0.39 is 16.0 Å². The first kappa shape index (κ1) is 16.0. The highest BCUT2D eigenvalue weighted by atomic mass is 32.2. The first-order valence-corrected chi connectivity index (χ1v) is 8.18. The number of aromatic carboxylic acids is 1. The normalized spacial score (nSPS) is 18.0. The summed E-state index contributed by atoms with van der Waals surface area (Å²) in [7, 11) is 1.77. The second kappa shape index (κ2) is 5.43. The summed E-state index contributed by atoms with van der Waals surface area (Å²) in [6, 6.07) is 1.15. The molecule has 0 spiro atoms. The number of aromatic amines is 1. The minimum atomic E-state index is -3.68. The molecule has 0 unspecified atom stereocenters. The minimum Gasteiger partial charge on any atom is -0.477 e. The fraction of sp³-hybridized carbons (Fsp3) is 0.615. The van der Waals surface area contributed by atoms with Gasteiger partial charge in [-0.1, -0.05) is 0 Å². The number of H-pyrrole nitrogens is 1. The Morgan fingerprint density at radius 3 is 2.38 bits per heavy atom. The first-order valence-electron chi connectivity index (χ1n) is 6.74. The Hall–Kier alpha value is -1.38. The molecule has 0 amide bonds. The third kappa shape index (κ3) is 2.83. The quantitative estimate of drug-likeness (QED) is 0.810. The average molecular weight is 315 g/mol. The van der Waals surface area contributed by atoms with E-state index in [0.29, 0.717) is 6.54 Å². The van der Waals surface area contributed by atoms with E-state index in [1.807, 2.05) is 14.1 Å². The van der Waals surface area contributed by atoms with Gasteiger partial charge in [-0.05, 0) is 39.4 Å². The summed E-state index contributed by atoms with van der Waals surface area (Å²) >= 11 is 0. The molecule has 8 heteroatoms. The molecule has 1 fully saturated rings. The lowest BCUT2D eigenvalue weighted by Gasteiger charge is -2.48. The second-order valence-corrected chi connectivity index (χ2v) is 7.83. The smallest absolute Gasteiger partial charge is 0.352 e. The van der Waals surface area contributed by atoms with Crippen LogP contribution >= 0.6 is 0 Å². The van der Waals surface area contributed by atoms with Crippen LogP contribution in [0.5, 0.6) is 0 Å². The summed E-state index contributed by atoms with van der Waals surface area (Å²) in [5.41, 5.74) is -0.249. The summed E-state index contributed by atoms with van der Waals surface area (Å²) in [5.74, 6) is -1.18. The molecule has 1 heterocycles. The van der Waals surface area contributed by atoms with Crippen LogP contribution in [0.1, 0.15) is 29.8 Å². The van der Waals surface area contributed by atoms with Gasteiger partial charge in [-0.25, -0.2) is 13.2 Å². The topological polar surface area (TPSA) is 93.7 Å². The fourth-order valence-electron chi connectivity index (χ4n) is 2.66. The molecule has 21 heavy (non-hydrogen) atoms. The maximum absolute atomic E-state index is 12.5. The van der Waals surface area contributed by atoms with Crippen molar-refractivity contribution in [1.82, 2.24) is 14.2 Å². The van der Waals surface area contributed by atoms with Gasteiger partial charge < -0.3 is 15.0 Å². The lowest BCUT2D eigenvalue weighted by Crippen LogP contribution is -2.57. The molecule has 1 aromatic rings. The van der Waals surface area contributed by atoms with Crippen LogP contribution in [0.4, 0.5) is 0 Å². The summed E-state index contributed by atoms with van der Waals surface area (Å²) in [5, 5.41) is 8.86. The van der Waals surface area contributed by atoms with Crippen LogP contribution in [-0.2, 0) is 10.0 Å². The Bertz CT molecular complexity index is 632. The van der Waals surface area contributed by atoms with Crippen molar-refractivity contribution < 1.29 is 18.3 Å². The van der Waals surface area contributed by atoms with Gasteiger partial charge in [0.15, 0.2) is 0 Å². The van der Waals surface area contributed by atoms with Gasteiger partial charge in [0.1, 0.15) is 10.6 Å². The standard InChI is InChI=1S/C13H21N3O4S/c1-15(2)13(5-4-6-13)9-16(3)21(19,20)10-7-11(12(17)18)14-8-10/h7-8,14H,4-6,9H2,1-3H3,(H,17,18). The van der Waals surface area contributed by atoms with Crippen LogP contribution in [-0.4, -0.2) is 66.9 Å². The summed E-state index contributed by atoms with van der Waals surface area (Å²) in [4.78, 5) is 15.4. The fourth-order valence-corrected chi connectivity index (χ4v) is 3.90. The van der Waals surface area contributed by atoms with Crippen LogP contribution in [0.2, 0.25) is 0 Å². The predicted molar refractivity (Wildman–Crippen MR) is 77.8 cm³/mol. The van der Waals surface area contributed by atoms with Crippen LogP contribution in [0, 0.1) is 0 Å². The highest BCUT2D eigenvalue weighted by molar-refractivity contribution is 7.89. The molecule has 0 radical (unpaired) electrons. The molecule has 0 saturated heterocycles. The van der Waals surface area contributed by atoms with Crippen molar-refractivity contribution in [2.24, 2.45) is 0 Å². The Balaban J connectivity index is 2.20. The van der Waals surface area contributed by atoms with Gasteiger partial charge in [-0.2, -0.15) is 4.31 Å². The Kier molecular flexibility index (Phi) is 4.14. The number of sulfonamides is 1. The van der Waals surface area contributed by atoms with Gasteiger partial charge in [-0.15, -0.1) is 0 Å². The highest BCUT2D eigenvalue weighted by Gasteiger charge is 2.42. The molecule has 1 saturated carbocycles. The van der Waals surface area contributed by atoms with Gasteiger partial charge in [0, 0.05) is 25.3 Å². The van der Waals surface area contributed by atoms with E-state index in [1.165, 1.54) is 17.5 Å². The molecule has 2 rings (SSSR count). The van der Waals surface area contributed by atoms with Crippen LogP contribution < -0.4 is 0 Å². The molecule has 2 N–H and O–H groups in total. The summed E-state index contributed by atoms with van der Waals surface area (Å²) < 4.78 is 26.3. The van der Waals surface area contributed by atoms with Crippen molar-refractivity contribution in [3.63, 3.8) is 0 Å². The molecule has 1 aliphatic carbocycles. The van der Waals surface area contributed by atoms with Crippen molar-refractivity contribution in [3.8, 4) is 0 Å². The molecular formula is C13H21N3O4S. The van der Waals surface area contributed by atoms with E-state index in [9.17, 15) is 13.2 Å². The van der Waals surface area contributed by atoms with E-state index in [2.05, 4.69) is 9.88 Å². The second-order valence-electron chi connectivity index (χ2n) is 5.79. The number of aromatic nitrogens is 1. The van der Waals surface area contributed by atoms with Gasteiger partial charge in [0.2, 0.25) is 10.0 Å². The summed E-state index contributed by atoms with van der Waals surface area (Å²) in [6.07, 6.45) is 4.25. The van der Waals surface area contributed by atoms with E-state index in [1.54, 1.807) is 0 Å². The molecule has 1 aromatic heterocycles. The number of carboxylic acid groups (broad SMARTS) is 1. The maximum atomic E-state index is 12.5. The third-order valence-corrected chi connectivity index (χ3v) is 6.13. The zero-order valence-electron chi connectivity index (χ0n) is 12.5. The summed E-state index contributed by atoms with van der Waals surface area (Å²) in [6.45, 7) is 0.399. The van der Waals surface area contributed by atoms with Gasteiger partial charge in [0.25, 0.3) is 0 Å². The lowest BCUT2D eigenvalue weighted by molar-refractivity contribution is 0.0455. The highest BCUT2D eigenvalue weighted by Crippen LogP contribution is 2.37. The van der Waals surface area contributed by atoms with Crippen molar-refractivity contribution in [2.45, 2.75) is 29.7 Å². The predicted octanol–water partition coefficient (Wildman–Crippen LogP) is 0.818. The third-order valence-electron chi connectivity index (χ3n) is 4.35. The van der Waals surface area contributed by atoms with Crippen molar-refractivity contribution >= 4 is 16.0 Å². The van der Waals surface area contributed by atoms with E-state index in [-0.39, 0.29) is 16.1 Å². The van der Waals surface area contributed by atoms with Crippen LogP contribution in [0.25, 0.3) is 0 Å². The van der Waals surface area contributed by atoms with Gasteiger partial charge >= 0.3 is 5.97 Å². The number of hydrogen-bond donors (Lipinski definition) is 2. The van der Waals surface area contributed by atoms with E-state index in [0.717, 1.165) is 25.3 Å². The largest absolute Gasteiger partial charge is 0.477 e. The zero-order valence-corrected chi connectivity index (χ0v) is 13.3. The minimum absolute atomic E-state index is 0.0179. The number of carboxylic acids is 1. The number of nitrogens with zero attached hydrogens (tertiary/aromatic N) is 2. The molecule has 0 aliphatic heterocycles. The van der Waals surface area contributed by atoms with Crippen LogP contribution in [0.3, 0.4) is 0 Å². The van der Waals surface area contributed by atoms with Crippen molar-refractivity contribution in [2.75, 3.05) is 27.7 Å². The number of carbonyl (C=O) groups is 1. The first-order chi connectivity index (χ1) is 9.69. The maximum Gasteiger partial charge on any atom is 0.352 e. The molecule has 0 aromatic carbocycles. The molecular weight excluding hydrogens is 294 g/mol. The number of nitrogens with one attached hydrogen (secondary N) is 1. The van der Waals surface area contributed by atoms with Crippen molar-refractivity contribution in [1.29, 1.82) is 0 Å². The van der Waals surface area contributed by atoms with Crippen molar-refractivity contribution in [3.05, 3.63) is 18.0 Å². The van der Waals surface area contributed by atoms with E-state index in [4.69, 9.17) is 5.11 Å². The Morgan fingerprint density at radius 1 is 1.38 bits per heavy atom. The molecule has 118 valence electrons. The zero-order chi connectivity index (χ0) is 15.8. The number of hydrogen-bond acceptors (Lipinski definition) is 4. The molecule has 0 atom stereocenters. The lowest BCUT2D eigenvalue weighted by atomic mass is 9.75. The Labute approximate surface area is 124 Å². The van der Waals surface area contributed by atoms with E-state index >= 15 is 0 Å². The van der Waals surface area contributed by atoms with Gasteiger partial charge in [0.05, 0.1) is 0 Å². The Morgan fingerprint density at radius 2 is 2.00 bits per heavy atom. The molecule has 0 bridgehead atoms. The average Bonchev–Trinajstić information content (AvgIpc) is 2.82. The van der Waals surface area contributed by atoms with Crippen LogP contribution in [0.15, 0.2) is 17.2 Å².